The van der Waals surface area contributed by atoms with Crippen molar-refractivity contribution in [1.29, 1.82) is 0 Å². The number of pyridine rings is 1. The summed E-state index contributed by atoms with van der Waals surface area (Å²) in [5, 5.41) is 5.71. The maximum Gasteiger partial charge on any atom is 0.181 e. The summed E-state index contributed by atoms with van der Waals surface area (Å²) < 4.78 is 2.02. The number of fused-ring (bicyclic) bond motifs is 2. The number of anilines is 1. The van der Waals surface area contributed by atoms with Crippen LogP contribution in [0.5, 0.6) is 0 Å². The molecule has 0 saturated carbocycles. The molecule has 0 unspecified atom stereocenters. The lowest BCUT2D eigenvalue weighted by molar-refractivity contribution is 0.610. The quantitative estimate of drug-likeness (QED) is 0.549. The van der Waals surface area contributed by atoms with E-state index in [0.29, 0.717) is 0 Å². The minimum absolute atomic E-state index is 0.739. The van der Waals surface area contributed by atoms with E-state index in [4.69, 9.17) is 15.1 Å². The van der Waals surface area contributed by atoms with Gasteiger partial charge in [-0.3, -0.25) is 0 Å². The molecule has 4 heterocycles. The number of hydrogen-bond acceptors (Lipinski definition) is 6. The Morgan fingerprint density at radius 2 is 1.78 bits per heavy atom. The van der Waals surface area contributed by atoms with Crippen molar-refractivity contribution < 1.29 is 0 Å². The van der Waals surface area contributed by atoms with E-state index in [-0.39, 0.29) is 0 Å². The normalized spacial score (nSPS) is 14.2. The van der Waals surface area contributed by atoms with Crippen molar-refractivity contribution in [1.82, 2.24) is 29.7 Å². The van der Waals surface area contributed by atoms with Crippen LogP contribution in [-0.2, 0) is 13.0 Å². The molecule has 27 heavy (non-hydrogen) atoms. The van der Waals surface area contributed by atoms with Crippen LogP contribution in [0.3, 0.4) is 0 Å². The van der Waals surface area contributed by atoms with E-state index in [1.807, 2.05) is 54.1 Å². The topological polar surface area (TPSA) is 72.6 Å². The molecule has 0 fully saturated rings. The maximum atomic E-state index is 4.77. The van der Waals surface area contributed by atoms with Crippen LogP contribution in [0.1, 0.15) is 11.6 Å². The molecule has 3 aromatic heterocycles. The molecule has 0 saturated heterocycles. The Labute approximate surface area is 156 Å². The van der Waals surface area contributed by atoms with E-state index >= 15 is 0 Å². The van der Waals surface area contributed by atoms with Crippen molar-refractivity contribution >= 4 is 16.9 Å². The third-order valence-electron chi connectivity index (χ3n) is 4.83. The monoisotopic (exact) mass is 357 g/mol. The maximum absolute atomic E-state index is 4.77. The lowest BCUT2D eigenvalue weighted by atomic mass is 10.2. The van der Waals surface area contributed by atoms with E-state index in [2.05, 4.69) is 14.9 Å². The van der Waals surface area contributed by atoms with E-state index in [0.717, 1.165) is 65.9 Å². The van der Waals surface area contributed by atoms with Crippen molar-refractivity contribution in [3.63, 3.8) is 0 Å². The van der Waals surface area contributed by atoms with Gasteiger partial charge in [-0.1, -0.05) is 30.3 Å². The largest absolute Gasteiger partial charge is 0.354 e. The summed E-state index contributed by atoms with van der Waals surface area (Å²) in [5.41, 5.74) is 1.80. The average Bonchev–Trinajstić information content (AvgIpc) is 3.01. The fourth-order valence-corrected chi connectivity index (χ4v) is 3.52. The first-order valence-electron chi connectivity index (χ1n) is 9.11. The summed E-state index contributed by atoms with van der Waals surface area (Å²) in [5.74, 6) is 3.50. The number of nitrogens with zero attached hydrogens (tertiary/aromatic N) is 7. The molecular weight excluding hydrogens is 338 g/mol. The zero-order valence-corrected chi connectivity index (χ0v) is 15.1. The standard InChI is InChI=1S/C20H19N7/c1-14-22-19-16(8-5-10-21-19)20(23-14)26-11-9-17-24-18(25-27(17)13-12-26)15-6-3-2-4-7-15/h2-8,10H,9,11-13H2,1H3. The summed E-state index contributed by atoms with van der Waals surface area (Å²) in [6.07, 6.45) is 2.59. The van der Waals surface area contributed by atoms with Crippen LogP contribution in [-0.4, -0.2) is 42.8 Å². The lowest BCUT2D eigenvalue weighted by Gasteiger charge is -2.22. The molecule has 0 N–H and O–H groups in total. The SMILES string of the molecule is Cc1nc(N2CCc3nc(-c4ccccc4)nn3CC2)c2cccnc2n1. The van der Waals surface area contributed by atoms with Crippen LogP contribution in [0.25, 0.3) is 22.4 Å². The number of hydrogen-bond donors (Lipinski definition) is 0. The summed E-state index contributed by atoms with van der Waals surface area (Å²) >= 11 is 0. The molecule has 134 valence electrons. The van der Waals surface area contributed by atoms with E-state index in [1.165, 1.54) is 0 Å². The summed E-state index contributed by atoms with van der Waals surface area (Å²) in [6, 6.07) is 14.1. The van der Waals surface area contributed by atoms with Crippen molar-refractivity contribution in [2.75, 3.05) is 18.0 Å². The van der Waals surface area contributed by atoms with Gasteiger partial charge in [0.15, 0.2) is 11.5 Å². The van der Waals surface area contributed by atoms with Crippen molar-refractivity contribution in [3.05, 3.63) is 60.3 Å². The first-order chi connectivity index (χ1) is 13.3. The van der Waals surface area contributed by atoms with Gasteiger partial charge in [0, 0.05) is 31.3 Å². The third-order valence-corrected chi connectivity index (χ3v) is 4.83. The highest BCUT2D eigenvalue weighted by molar-refractivity contribution is 5.86. The van der Waals surface area contributed by atoms with Gasteiger partial charge < -0.3 is 4.90 Å². The first kappa shape index (κ1) is 15.9. The van der Waals surface area contributed by atoms with Gasteiger partial charge in [0.25, 0.3) is 0 Å². The fraction of sp³-hybridized carbons (Fsp3) is 0.250. The second-order valence-corrected chi connectivity index (χ2v) is 6.65. The van der Waals surface area contributed by atoms with Crippen molar-refractivity contribution in [3.8, 4) is 11.4 Å². The van der Waals surface area contributed by atoms with E-state index in [9.17, 15) is 0 Å². The smallest absolute Gasteiger partial charge is 0.181 e. The van der Waals surface area contributed by atoms with Gasteiger partial charge in [0.1, 0.15) is 17.5 Å². The summed E-state index contributed by atoms with van der Waals surface area (Å²) in [4.78, 5) is 20.6. The van der Waals surface area contributed by atoms with Crippen LogP contribution >= 0.6 is 0 Å². The Hall–Kier alpha value is -3.35. The molecule has 0 atom stereocenters. The Kier molecular flexibility index (Phi) is 3.78. The van der Waals surface area contributed by atoms with Gasteiger partial charge >= 0.3 is 0 Å². The van der Waals surface area contributed by atoms with Crippen LogP contribution in [0.4, 0.5) is 5.82 Å². The Morgan fingerprint density at radius 1 is 0.889 bits per heavy atom. The van der Waals surface area contributed by atoms with Crippen molar-refractivity contribution in [2.24, 2.45) is 0 Å². The lowest BCUT2D eigenvalue weighted by Crippen LogP contribution is -2.28. The second-order valence-electron chi connectivity index (χ2n) is 6.65. The second kappa shape index (κ2) is 6.42. The fourth-order valence-electron chi connectivity index (χ4n) is 3.52. The van der Waals surface area contributed by atoms with Crippen molar-refractivity contribution in [2.45, 2.75) is 19.9 Å². The molecule has 7 heteroatoms. The van der Waals surface area contributed by atoms with Crippen LogP contribution < -0.4 is 4.90 Å². The molecule has 1 aliphatic heterocycles. The van der Waals surface area contributed by atoms with Gasteiger partial charge in [0.05, 0.1) is 11.9 Å². The van der Waals surface area contributed by atoms with Gasteiger partial charge in [-0.25, -0.2) is 24.6 Å². The Bertz CT molecular complexity index is 1080. The van der Waals surface area contributed by atoms with E-state index in [1.54, 1.807) is 6.20 Å². The highest BCUT2D eigenvalue weighted by atomic mass is 15.4. The van der Waals surface area contributed by atoms with Gasteiger partial charge in [-0.05, 0) is 19.1 Å². The van der Waals surface area contributed by atoms with Gasteiger partial charge in [-0.2, -0.15) is 5.10 Å². The predicted molar refractivity (Wildman–Crippen MR) is 103 cm³/mol. The Morgan fingerprint density at radius 3 is 2.67 bits per heavy atom. The number of aromatic nitrogens is 6. The summed E-state index contributed by atoms with van der Waals surface area (Å²) in [7, 11) is 0. The zero-order chi connectivity index (χ0) is 18.2. The Balaban J connectivity index is 1.45. The molecule has 0 radical (unpaired) electrons. The van der Waals surface area contributed by atoms with Crippen LogP contribution in [0, 0.1) is 6.92 Å². The molecule has 4 aromatic rings. The molecule has 0 spiro atoms. The number of rotatable bonds is 2. The van der Waals surface area contributed by atoms with Crippen LogP contribution in [0.2, 0.25) is 0 Å². The van der Waals surface area contributed by atoms with Gasteiger partial charge in [-0.15, -0.1) is 0 Å². The van der Waals surface area contributed by atoms with E-state index < -0.39 is 0 Å². The molecule has 0 amide bonds. The first-order valence-corrected chi connectivity index (χ1v) is 9.11. The zero-order valence-electron chi connectivity index (χ0n) is 15.1. The summed E-state index contributed by atoms with van der Waals surface area (Å²) in [6.45, 7) is 4.35. The molecule has 5 rings (SSSR count). The molecule has 1 aliphatic rings. The molecule has 1 aromatic carbocycles. The number of aryl methyl sites for hydroxylation is 1. The molecule has 7 nitrogen and oxygen atoms in total. The molecular formula is C20H19N7. The minimum Gasteiger partial charge on any atom is -0.354 e. The van der Waals surface area contributed by atoms with Crippen LogP contribution in [0.15, 0.2) is 48.7 Å². The number of benzene rings is 1. The minimum atomic E-state index is 0.739. The third kappa shape index (κ3) is 2.91. The highest BCUT2D eigenvalue weighted by Gasteiger charge is 2.21. The van der Waals surface area contributed by atoms with Gasteiger partial charge in [0.2, 0.25) is 0 Å². The predicted octanol–water partition coefficient (Wildman–Crippen LogP) is 2.65. The molecule has 0 aliphatic carbocycles. The molecule has 0 bridgehead atoms. The average molecular weight is 357 g/mol. The highest BCUT2D eigenvalue weighted by Crippen LogP contribution is 2.24.